The van der Waals surface area contributed by atoms with Crippen molar-refractivity contribution in [2.24, 2.45) is 0 Å². The van der Waals surface area contributed by atoms with Gasteiger partial charge in [0.1, 0.15) is 5.52 Å². The monoisotopic (exact) mass is 560 g/mol. The zero-order valence-electron chi connectivity index (χ0n) is 21.6. The van der Waals surface area contributed by atoms with Crippen molar-refractivity contribution in [3.8, 4) is 11.1 Å². The molecule has 208 valence electrons. The summed E-state index contributed by atoms with van der Waals surface area (Å²) in [5, 5.41) is 12.0. The molecule has 0 radical (unpaired) electrons. The summed E-state index contributed by atoms with van der Waals surface area (Å²) >= 11 is 0. The van der Waals surface area contributed by atoms with Crippen molar-refractivity contribution >= 4 is 23.0 Å². The molecule has 0 aliphatic heterocycles. The van der Waals surface area contributed by atoms with E-state index in [0.717, 1.165) is 22.3 Å². The number of hydrogen-bond acceptors (Lipinski definition) is 4. The molecule has 5 rings (SSSR count). The van der Waals surface area contributed by atoms with E-state index in [1.54, 1.807) is 31.2 Å². The first-order valence-corrected chi connectivity index (χ1v) is 12.5. The Balaban J connectivity index is 1.58. The Morgan fingerprint density at radius 1 is 0.927 bits per heavy atom. The van der Waals surface area contributed by atoms with Crippen LogP contribution < -0.4 is 11.1 Å². The van der Waals surface area contributed by atoms with Crippen molar-refractivity contribution < 1.29 is 32.3 Å². The Bertz CT molecular complexity index is 1810. The number of carboxylic acid groups (broad SMARTS) is 1. The minimum absolute atomic E-state index is 0.0909. The quantitative estimate of drug-likeness (QED) is 0.236. The zero-order chi connectivity index (χ0) is 29.3. The molecule has 0 spiro atoms. The van der Waals surface area contributed by atoms with Crippen molar-refractivity contribution in [2.45, 2.75) is 25.7 Å². The van der Waals surface area contributed by atoms with Crippen LogP contribution in [0.1, 0.15) is 50.4 Å². The molecule has 10 heteroatoms. The Morgan fingerprint density at radius 2 is 1.63 bits per heavy atom. The van der Waals surface area contributed by atoms with E-state index in [0.29, 0.717) is 11.1 Å². The number of alkyl halides is 3. The van der Waals surface area contributed by atoms with Gasteiger partial charge in [-0.15, -0.1) is 0 Å². The number of nitrogens with zero attached hydrogens (tertiary/aromatic N) is 1. The van der Waals surface area contributed by atoms with Gasteiger partial charge in [0.15, 0.2) is 5.58 Å². The summed E-state index contributed by atoms with van der Waals surface area (Å²) in [5.41, 5.74) is 1.78. The van der Waals surface area contributed by atoms with E-state index in [1.165, 1.54) is 24.3 Å². The fourth-order valence-electron chi connectivity index (χ4n) is 4.62. The Labute approximate surface area is 231 Å². The van der Waals surface area contributed by atoms with Crippen LogP contribution in [0, 0.1) is 0 Å². The Hall–Kier alpha value is -5.12. The summed E-state index contributed by atoms with van der Waals surface area (Å²) in [4.78, 5) is 37.9. The third-order valence-electron chi connectivity index (χ3n) is 6.71. The topological polar surface area (TPSA) is 102 Å². The molecule has 0 unspecified atom stereocenters. The van der Waals surface area contributed by atoms with Gasteiger partial charge in [-0.2, -0.15) is 13.2 Å². The van der Waals surface area contributed by atoms with E-state index in [2.05, 4.69) is 5.32 Å². The molecule has 0 saturated carbocycles. The number of carbonyl (C=O) groups is 2. The van der Waals surface area contributed by atoms with Crippen molar-refractivity contribution in [1.29, 1.82) is 0 Å². The van der Waals surface area contributed by atoms with E-state index in [9.17, 15) is 27.6 Å². The first-order valence-electron chi connectivity index (χ1n) is 12.5. The van der Waals surface area contributed by atoms with Gasteiger partial charge in [-0.3, -0.25) is 9.36 Å². The van der Waals surface area contributed by atoms with Crippen LogP contribution >= 0.6 is 0 Å². The summed E-state index contributed by atoms with van der Waals surface area (Å²) < 4.78 is 46.6. The van der Waals surface area contributed by atoms with Gasteiger partial charge in [-0.05, 0) is 65.6 Å². The predicted octanol–water partition coefficient (Wildman–Crippen LogP) is 6.52. The molecule has 0 aliphatic rings. The minimum atomic E-state index is -4.56. The van der Waals surface area contributed by atoms with Crippen LogP contribution in [0.3, 0.4) is 0 Å². The SMILES string of the molecule is C[C@H](NC(=O)c1cc(-c2ccccc2)cc2oc(=O)n(Cc3cccc(C(F)(F)F)c3)c12)c1ccc(C(=O)O)cc1. The van der Waals surface area contributed by atoms with E-state index in [4.69, 9.17) is 9.52 Å². The molecule has 5 aromatic rings. The zero-order valence-corrected chi connectivity index (χ0v) is 21.6. The van der Waals surface area contributed by atoms with E-state index in [1.807, 2.05) is 30.3 Å². The lowest BCUT2D eigenvalue weighted by Crippen LogP contribution is -2.28. The number of carbonyl (C=O) groups excluding carboxylic acids is 1. The highest BCUT2D eigenvalue weighted by Gasteiger charge is 2.30. The van der Waals surface area contributed by atoms with E-state index < -0.39 is 35.4 Å². The number of hydrogen-bond donors (Lipinski definition) is 2. The number of aromatic carboxylic acids is 1. The molecule has 1 amide bonds. The molecule has 1 atom stereocenters. The lowest BCUT2D eigenvalue weighted by Gasteiger charge is -2.16. The highest BCUT2D eigenvalue weighted by molar-refractivity contribution is 6.06. The fraction of sp³-hybridized carbons (Fsp3) is 0.129. The average molecular weight is 561 g/mol. The lowest BCUT2D eigenvalue weighted by molar-refractivity contribution is -0.137. The summed E-state index contributed by atoms with van der Waals surface area (Å²) in [6.07, 6.45) is -4.56. The maximum Gasteiger partial charge on any atom is 0.420 e. The number of amides is 1. The number of fused-ring (bicyclic) bond motifs is 1. The van der Waals surface area contributed by atoms with Crippen LogP contribution in [0.25, 0.3) is 22.2 Å². The first-order chi connectivity index (χ1) is 19.5. The molecule has 2 N–H and O–H groups in total. The van der Waals surface area contributed by atoms with Crippen LogP contribution in [0.4, 0.5) is 13.2 Å². The molecule has 0 bridgehead atoms. The van der Waals surface area contributed by atoms with Gasteiger partial charge in [0.2, 0.25) is 0 Å². The van der Waals surface area contributed by atoms with Crippen LogP contribution in [-0.4, -0.2) is 21.6 Å². The highest BCUT2D eigenvalue weighted by atomic mass is 19.4. The number of nitrogens with one attached hydrogen (secondary N) is 1. The summed E-state index contributed by atoms with van der Waals surface area (Å²) in [6.45, 7) is 1.46. The molecule has 1 aromatic heterocycles. The highest BCUT2D eigenvalue weighted by Crippen LogP contribution is 2.31. The first kappa shape index (κ1) is 27.4. The second kappa shape index (κ2) is 10.8. The van der Waals surface area contributed by atoms with Gasteiger partial charge in [0, 0.05) is 0 Å². The van der Waals surface area contributed by atoms with Gasteiger partial charge < -0.3 is 14.8 Å². The normalized spacial score (nSPS) is 12.3. The third-order valence-corrected chi connectivity index (χ3v) is 6.71. The summed E-state index contributed by atoms with van der Waals surface area (Å²) in [6, 6.07) is 22.4. The van der Waals surface area contributed by atoms with Crippen molar-refractivity contribution in [1.82, 2.24) is 9.88 Å². The molecule has 1 heterocycles. The second-order valence-corrected chi connectivity index (χ2v) is 9.51. The maximum absolute atomic E-state index is 13.7. The smallest absolute Gasteiger partial charge is 0.420 e. The van der Waals surface area contributed by atoms with Gasteiger partial charge in [0.25, 0.3) is 5.91 Å². The van der Waals surface area contributed by atoms with Crippen LogP contribution in [-0.2, 0) is 12.7 Å². The van der Waals surface area contributed by atoms with Gasteiger partial charge in [0.05, 0.1) is 29.3 Å². The summed E-state index contributed by atoms with van der Waals surface area (Å²) in [7, 11) is 0. The maximum atomic E-state index is 13.7. The van der Waals surface area contributed by atoms with Gasteiger partial charge in [-0.25, -0.2) is 9.59 Å². The van der Waals surface area contributed by atoms with E-state index in [-0.39, 0.29) is 34.3 Å². The summed E-state index contributed by atoms with van der Waals surface area (Å²) in [5.74, 6) is -2.46. The molecule has 41 heavy (non-hydrogen) atoms. The Morgan fingerprint density at radius 3 is 2.29 bits per heavy atom. The third kappa shape index (κ3) is 5.76. The molecule has 7 nitrogen and oxygen atoms in total. The predicted molar refractivity (Wildman–Crippen MR) is 146 cm³/mol. The standard InChI is InChI=1S/C31H23F3N2O5/c1-18(20-10-12-22(13-11-20)29(38)39)35-28(37)25-15-23(21-7-3-2-4-8-21)16-26-27(25)36(30(40)41-26)17-19-6-5-9-24(14-19)31(32,33)34/h2-16,18H,17H2,1H3,(H,35,37)(H,38,39)/t18-/m0/s1. The molecular weight excluding hydrogens is 537 g/mol. The number of carboxylic acids is 1. The van der Waals surface area contributed by atoms with Crippen LogP contribution in [0.15, 0.2) is 100 Å². The molecule has 0 aliphatic carbocycles. The number of halogens is 3. The largest absolute Gasteiger partial charge is 0.478 e. The molecule has 0 fully saturated rings. The van der Waals surface area contributed by atoms with Crippen molar-refractivity contribution in [3.63, 3.8) is 0 Å². The van der Waals surface area contributed by atoms with Crippen LogP contribution in [0.5, 0.6) is 0 Å². The second-order valence-electron chi connectivity index (χ2n) is 9.51. The van der Waals surface area contributed by atoms with Crippen molar-refractivity contribution in [2.75, 3.05) is 0 Å². The van der Waals surface area contributed by atoms with Crippen LogP contribution in [0.2, 0.25) is 0 Å². The fourth-order valence-corrected chi connectivity index (χ4v) is 4.62. The number of benzene rings is 4. The Kier molecular flexibility index (Phi) is 7.23. The minimum Gasteiger partial charge on any atom is -0.478 e. The lowest BCUT2D eigenvalue weighted by atomic mass is 10.0. The van der Waals surface area contributed by atoms with Gasteiger partial charge >= 0.3 is 17.9 Å². The van der Waals surface area contributed by atoms with Gasteiger partial charge in [-0.1, -0.05) is 54.6 Å². The number of oxazole rings is 1. The molecule has 0 saturated heterocycles. The average Bonchev–Trinajstić information content (AvgIpc) is 3.27. The number of aromatic nitrogens is 1. The van der Waals surface area contributed by atoms with Crippen molar-refractivity contribution in [3.05, 3.63) is 129 Å². The molecular formula is C31H23F3N2O5. The van der Waals surface area contributed by atoms with E-state index >= 15 is 0 Å². The number of rotatable bonds is 7. The molecule has 4 aromatic carbocycles.